The van der Waals surface area contributed by atoms with E-state index in [1.807, 2.05) is 31.2 Å². The average molecular weight is 310 g/mol. The van der Waals surface area contributed by atoms with Gasteiger partial charge in [-0.2, -0.15) is 0 Å². The molecule has 0 radical (unpaired) electrons. The highest BCUT2D eigenvalue weighted by atomic mass is 35.5. The van der Waals surface area contributed by atoms with Gasteiger partial charge in [0.2, 0.25) is 0 Å². The van der Waals surface area contributed by atoms with Crippen molar-refractivity contribution < 1.29 is 26.4 Å². The molecule has 21 heavy (non-hydrogen) atoms. The van der Waals surface area contributed by atoms with Crippen LogP contribution in [0.25, 0.3) is 0 Å². The Hall–Kier alpha value is -1.58. The van der Waals surface area contributed by atoms with E-state index >= 15 is 0 Å². The summed E-state index contributed by atoms with van der Waals surface area (Å²) in [6.45, 7) is 9.97. The Kier molecular flexibility index (Phi) is 8.00. The minimum absolute atomic E-state index is 0. The molecule has 0 N–H and O–H groups in total. The van der Waals surface area contributed by atoms with Crippen molar-refractivity contribution in [3.8, 4) is 0 Å². The van der Waals surface area contributed by atoms with Crippen molar-refractivity contribution in [3.63, 3.8) is 0 Å². The largest absolute Gasteiger partial charge is 1.00 e. The maximum Gasteiger partial charge on any atom is 0.330 e. The second kappa shape index (κ2) is 8.65. The molecule has 0 amide bonds. The van der Waals surface area contributed by atoms with Crippen LogP contribution in [0.3, 0.4) is 0 Å². The molecule has 1 aromatic rings. The van der Waals surface area contributed by atoms with E-state index in [2.05, 4.69) is 39.4 Å². The van der Waals surface area contributed by atoms with Gasteiger partial charge < -0.3 is 21.6 Å². The molecule has 4 heteroatoms. The summed E-state index contributed by atoms with van der Waals surface area (Å²) in [4.78, 5) is 11.5. The third kappa shape index (κ3) is 5.37. The normalized spacial score (nSPS) is 13.5. The summed E-state index contributed by atoms with van der Waals surface area (Å²) in [6.07, 6.45) is 2.84. The number of carbonyl (C=O) groups excluding carboxylic acids is 1. The van der Waals surface area contributed by atoms with E-state index < -0.39 is 5.97 Å². The first kappa shape index (κ1) is 19.4. The monoisotopic (exact) mass is 309 g/mol. The van der Waals surface area contributed by atoms with E-state index in [4.69, 9.17) is 4.74 Å². The number of halogens is 1. The van der Waals surface area contributed by atoms with Crippen molar-refractivity contribution in [3.05, 3.63) is 61.2 Å². The van der Waals surface area contributed by atoms with Crippen molar-refractivity contribution in [2.45, 2.75) is 19.1 Å². The predicted molar refractivity (Wildman–Crippen MR) is 82.1 cm³/mol. The van der Waals surface area contributed by atoms with Crippen molar-refractivity contribution in [2.75, 3.05) is 20.6 Å². The van der Waals surface area contributed by atoms with Gasteiger partial charge in [-0.25, -0.2) is 4.79 Å². The molecule has 1 rings (SSSR count). The van der Waals surface area contributed by atoms with Crippen molar-refractivity contribution in [1.82, 2.24) is 0 Å². The van der Waals surface area contributed by atoms with E-state index in [9.17, 15) is 4.79 Å². The minimum Gasteiger partial charge on any atom is -1.00 e. The fourth-order valence-corrected chi connectivity index (χ4v) is 2.64. The lowest BCUT2D eigenvalue weighted by molar-refractivity contribution is -0.919. The molecule has 0 fully saturated rings. The molecule has 0 saturated heterocycles. The highest BCUT2D eigenvalue weighted by Crippen LogP contribution is 2.30. The number of hydrogen-bond acceptors (Lipinski definition) is 2. The maximum atomic E-state index is 11.5. The quantitative estimate of drug-likeness (QED) is 0.309. The molecule has 0 aromatic heterocycles. The van der Waals surface area contributed by atoms with Gasteiger partial charge in [0.25, 0.3) is 0 Å². The summed E-state index contributed by atoms with van der Waals surface area (Å²) >= 11 is 0. The van der Waals surface area contributed by atoms with Gasteiger partial charge in [0, 0.05) is 11.6 Å². The highest BCUT2D eigenvalue weighted by Gasteiger charge is 2.35. The number of esters is 1. The lowest BCUT2D eigenvalue weighted by Gasteiger charge is -2.40. The molecule has 0 aliphatic heterocycles. The first-order valence-electron chi connectivity index (χ1n) is 6.74. The van der Waals surface area contributed by atoms with Crippen LogP contribution in [-0.2, 0) is 9.53 Å². The maximum absolute atomic E-state index is 11.5. The number of likely N-dealkylation sites (N-methyl/N-ethyl adjacent to an activating group) is 1. The Morgan fingerprint density at radius 1 is 1.29 bits per heavy atom. The Bertz CT molecular complexity index is 471. The number of quaternary nitrogens is 1. The van der Waals surface area contributed by atoms with E-state index in [1.54, 1.807) is 0 Å². The fraction of sp³-hybridized carbons (Fsp3) is 0.353. The third-order valence-electron chi connectivity index (χ3n) is 3.41. The summed E-state index contributed by atoms with van der Waals surface area (Å²) in [5.41, 5.74) is 1.14. The van der Waals surface area contributed by atoms with E-state index in [0.717, 1.165) is 12.1 Å². The fourth-order valence-electron chi connectivity index (χ4n) is 2.64. The van der Waals surface area contributed by atoms with Crippen LogP contribution in [0.4, 0.5) is 0 Å². The van der Waals surface area contributed by atoms with E-state index in [1.165, 1.54) is 6.08 Å². The van der Waals surface area contributed by atoms with Gasteiger partial charge in [0.1, 0.15) is 0 Å². The molecule has 0 spiro atoms. The minimum atomic E-state index is -0.392. The first-order valence-corrected chi connectivity index (χ1v) is 6.74. The molecule has 2 unspecified atom stereocenters. The number of benzene rings is 1. The summed E-state index contributed by atoms with van der Waals surface area (Å²) in [7, 11) is 4.22. The molecular weight excluding hydrogens is 286 g/mol. The zero-order chi connectivity index (χ0) is 15.2. The van der Waals surface area contributed by atoms with Crippen LogP contribution in [0.15, 0.2) is 55.6 Å². The second-order valence-corrected chi connectivity index (χ2v) is 5.45. The molecule has 1 aromatic carbocycles. The molecule has 0 bridgehead atoms. The number of rotatable bonds is 7. The highest BCUT2D eigenvalue weighted by molar-refractivity contribution is 5.81. The summed E-state index contributed by atoms with van der Waals surface area (Å²) in [5, 5.41) is 0. The second-order valence-electron chi connectivity index (χ2n) is 5.45. The zero-order valence-electron chi connectivity index (χ0n) is 13.0. The molecule has 3 nitrogen and oxygen atoms in total. The van der Waals surface area contributed by atoms with Crippen LogP contribution in [0, 0.1) is 0 Å². The molecule has 2 atom stereocenters. The van der Waals surface area contributed by atoms with Gasteiger partial charge in [0.15, 0.2) is 12.1 Å². The average Bonchev–Trinajstić information content (AvgIpc) is 2.39. The Morgan fingerprint density at radius 2 is 1.86 bits per heavy atom. The van der Waals surface area contributed by atoms with Crippen molar-refractivity contribution in [1.29, 1.82) is 0 Å². The Labute approximate surface area is 133 Å². The summed E-state index contributed by atoms with van der Waals surface area (Å²) < 4.78 is 6.11. The van der Waals surface area contributed by atoms with Gasteiger partial charge in [0.05, 0.1) is 20.6 Å². The number of hydrogen-bond donors (Lipinski definition) is 0. The SMILES string of the molecule is C=CC[N+](C)(C)C(c1ccccc1)C(C)OC(=O)C=C.[Cl-]. The number of carbonyl (C=O) groups is 1. The molecule has 116 valence electrons. The van der Waals surface area contributed by atoms with Crippen molar-refractivity contribution in [2.24, 2.45) is 0 Å². The lowest BCUT2D eigenvalue weighted by atomic mass is 9.98. The molecule has 0 saturated carbocycles. The van der Waals surface area contributed by atoms with Crippen LogP contribution >= 0.6 is 0 Å². The molecular formula is C17H24ClNO2. The van der Waals surface area contributed by atoms with Crippen LogP contribution in [0.2, 0.25) is 0 Å². The third-order valence-corrected chi connectivity index (χ3v) is 3.41. The number of nitrogens with zero attached hydrogens (tertiary/aromatic N) is 1. The van der Waals surface area contributed by atoms with Crippen LogP contribution in [-0.4, -0.2) is 37.2 Å². The molecule has 0 aliphatic rings. The van der Waals surface area contributed by atoms with E-state index in [-0.39, 0.29) is 24.6 Å². The molecule has 0 aliphatic carbocycles. The van der Waals surface area contributed by atoms with Gasteiger partial charge in [-0.15, -0.1) is 0 Å². The smallest absolute Gasteiger partial charge is 0.330 e. The lowest BCUT2D eigenvalue weighted by Crippen LogP contribution is -3.00. The zero-order valence-corrected chi connectivity index (χ0v) is 13.7. The standard InChI is InChI=1S/C17H24NO2.ClH/c1-6-13-18(4,5)17(14(3)20-16(19)7-2)15-11-9-8-10-12-15;/h6-12,14,17H,1-2,13H2,3-5H3;1H/q+1;/p-1. The molecule has 0 heterocycles. The predicted octanol–water partition coefficient (Wildman–Crippen LogP) is 0.112. The summed E-state index contributed by atoms with van der Waals surface area (Å²) in [5.74, 6) is -0.392. The van der Waals surface area contributed by atoms with Gasteiger partial charge in [-0.1, -0.05) is 43.5 Å². The van der Waals surface area contributed by atoms with Crippen LogP contribution in [0.1, 0.15) is 18.5 Å². The Balaban J connectivity index is 0.00000400. The number of ether oxygens (including phenoxy) is 1. The van der Waals surface area contributed by atoms with Gasteiger partial charge in [-0.05, 0) is 13.0 Å². The van der Waals surface area contributed by atoms with Crippen LogP contribution in [0.5, 0.6) is 0 Å². The van der Waals surface area contributed by atoms with Gasteiger partial charge in [-0.3, -0.25) is 0 Å². The summed E-state index contributed by atoms with van der Waals surface area (Å²) in [6, 6.07) is 10.1. The van der Waals surface area contributed by atoms with Crippen molar-refractivity contribution >= 4 is 5.97 Å². The van der Waals surface area contributed by atoms with Crippen LogP contribution < -0.4 is 12.4 Å². The first-order chi connectivity index (χ1) is 9.42. The Morgan fingerprint density at radius 3 is 2.33 bits per heavy atom. The van der Waals surface area contributed by atoms with Gasteiger partial charge >= 0.3 is 5.97 Å². The van der Waals surface area contributed by atoms with E-state index in [0.29, 0.717) is 4.48 Å². The topological polar surface area (TPSA) is 26.3 Å².